The van der Waals surface area contributed by atoms with Crippen molar-refractivity contribution in [1.29, 1.82) is 0 Å². The molecule has 2 atom stereocenters. The third kappa shape index (κ3) is 4.29. The molecule has 0 amide bonds. The summed E-state index contributed by atoms with van der Waals surface area (Å²) in [5, 5.41) is 0. The molecule has 0 bridgehead atoms. The van der Waals surface area contributed by atoms with Gasteiger partial charge < -0.3 is 20.3 Å². The fraction of sp³-hybridized carbons (Fsp3) is 0.400. The topological polar surface area (TPSA) is 72.4 Å². The van der Waals surface area contributed by atoms with Gasteiger partial charge >= 0.3 is 0 Å². The van der Waals surface area contributed by atoms with Crippen LogP contribution in [0.2, 0.25) is 0 Å². The molecule has 3 saturated heterocycles. The average molecular weight is 531 g/mol. The van der Waals surface area contributed by atoms with Crippen LogP contribution in [-0.2, 0) is 4.74 Å². The maximum absolute atomic E-state index is 16.0. The highest BCUT2D eigenvalue weighted by atomic mass is 19.1. The fourth-order valence-corrected chi connectivity index (χ4v) is 6.39. The Labute approximate surface area is 226 Å². The normalized spacial score (nSPS) is 21.5. The van der Waals surface area contributed by atoms with E-state index in [-0.39, 0.29) is 11.5 Å². The van der Waals surface area contributed by atoms with Crippen LogP contribution in [0.15, 0.2) is 48.7 Å². The monoisotopic (exact) mass is 530 g/mol. The number of anilines is 3. The fourth-order valence-electron chi connectivity index (χ4n) is 6.39. The Morgan fingerprint density at radius 3 is 2.31 bits per heavy atom. The molecule has 202 valence electrons. The van der Waals surface area contributed by atoms with E-state index < -0.39 is 5.82 Å². The number of hydrogen-bond acceptors (Lipinski definition) is 6. The Balaban J connectivity index is 1.36. The van der Waals surface area contributed by atoms with Crippen molar-refractivity contribution >= 4 is 28.2 Å². The summed E-state index contributed by atoms with van der Waals surface area (Å²) in [6.45, 7) is 5.15. The number of fused-ring (bicyclic) bond motifs is 2. The summed E-state index contributed by atoms with van der Waals surface area (Å²) in [5.74, 6) is 0.515. The van der Waals surface area contributed by atoms with Crippen molar-refractivity contribution in [3.8, 4) is 17.1 Å². The van der Waals surface area contributed by atoms with Gasteiger partial charge in [-0.3, -0.25) is 4.57 Å². The number of nitrogens with two attached hydrogens (primary N) is 1. The van der Waals surface area contributed by atoms with Gasteiger partial charge in [-0.1, -0.05) is 12.8 Å². The number of halogens is 2. The van der Waals surface area contributed by atoms with Crippen LogP contribution < -0.4 is 15.5 Å². The lowest BCUT2D eigenvalue weighted by atomic mass is 10.0. The standard InChI is InChI=1S/C30H32F2N6O/c31-23-13-19(5-7-25(23)33)29-35-28-27(36-11-3-1-2-4-12-36)9-10-34-30(28)38(29)26-8-6-22(14-24(26)32)37-15-20-17-39-18-21(20)16-37/h5-10,13-14,20-21H,1-4,11-12,15-18,33H2. The Hall–Kier alpha value is -3.72. The van der Waals surface area contributed by atoms with E-state index in [1.165, 1.54) is 25.0 Å². The van der Waals surface area contributed by atoms with Crippen LogP contribution in [0.4, 0.5) is 25.8 Å². The molecule has 4 aromatic rings. The second-order valence-corrected chi connectivity index (χ2v) is 11.0. The van der Waals surface area contributed by atoms with Gasteiger partial charge in [-0.2, -0.15) is 0 Å². The molecule has 5 heterocycles. The molecule has 7 rings (SSSR count). The first kappa shape index (κ1) is 24.3. The van der Waals surface area contributed by atoms with E-state index in [1.807, 2.05) is 12.1 Å². The third-order valence-electron chi connectivity index (χ3n) is 8.51. The Morgan fingerprint density at radius 1 is 0.821 bits per heavy atom. The van der Waals surface area contributed by atoms with Crippen LogP contribution in [-0.4, -0.2) is 53.9 Å². The number of rotatable bonds is 4. The maximum atomic E-state index is 16.0. The van der Waals surface area contributed by atoms with Crippen molar-refractivity contribution in [3.63, 3.8) is 0 Å². The zero-order valence-corrected chi connectivity index (χ0v) is 21.8. The van der Waals surface area contributed by atoms with Crippen molar-refractivity contribution in [2.45, 2.75) is 25.7 Å². The minimum Gasteiger partial charge on any atom is -0.396 e. The van der Waals surface area contributed by atoms with Gasteiger partial charge in [0.25, 0.3) is 0 Å². The predicted octanol–water partition coefficient (Wildman–Crippen LogP) is 5.41. The summed E-state index contributed by atoms with van der Waals surface area (Å²) in [4.78, 5) is 14.2. The minimum atomic E-state index is -0.536. The SMILES string of the molecule is Nc1ccc(-c2nc3c(N4CCCCCC4)ccnc3n2-c2ccc(N3CC4COCC4C3)cc2F)cc1F. The number of pyridine rings is 1. The van der Waals surface area contributed by atoms with Gasteiger partial charge in [0.2, 0.25) is 0 Å². The summed E-state index contributed by atoms with van der Waals surface area (Å²) >= 11 is 0. The molecule has 2 aromatic carbocycles. The number of hydrogen-bond donors (Lipinski definition) is 1. The molecule has 9 heteroatoms. The van der Waals surface area contributed by atoms with Crippen molar-refractivity contribution in [3.05, 3.63) is 60.3 Å². The molecule has 39 heavy (non-hydrogen) atoms. The van der Waals surface area contributed by atoms with Gasteiger partial charge in [0.05, 0.1) is 30.3 Å². The lowest BCUT2D eigenvalue weighted by Gasteiger charge is -2.22. The molecule has 7 nitrogen and oxygen atoms in total. The molecular weight excluding hydrogens is 498 g/mol. The molecular formula is C30H32F2N6O. The van der Waals surface area contributed by atoms with Crippen LogP contribution in [0.25, 0.3) is 28.2 Å². The largest absolute Gasteiger partial charge is 0.396 e. The van der Waals surface area contributed by atoms with Gasteiger partial charge in [0, 0.05) is 55.5 Å². The lowest BCUT2D eigenvalue weighted by Crippen LogP contribution is -2.24. The molecule has 0 radical (unpaired) electrons. The van der Waals surface area contributed by atoms with Gasteiger partial charge in [-0.25, -0.2) is 18.7 Å². The van der Waals surface area contributed by atoms with E-state index in [2.05, 4.69) is 14.8 Å². The molecule has 2 aromatic heterocycles. The predicted molar refractivity (Wildman–Crippen MR) is 149 cm³/mol. The highest BCUT2D eigenvalue weighted by Gasteiger charge is 2.37. The van der Waals surface area contributed by atoms with Crippen molar-refractivity contribution < 1.29 is 13.5 Å². The number of nitrogens with zero attached hydrogens (tertiary/aromatic N) is 5. The average Bonchev–Trinajstić information content (AvgIpc) is 3.58. The maximum Gasteiger partial charge on any atom is 0.167 e. The molecule has 2 N–H and O–H groups in total. The quantitative estimate of drug-likeness (QED) is 0.356. The third-order valence-corrected chi connectivity index (χ3v) is 8.51. The van der Waals surface area contributed by atoms with Crippen LogP contribution in [0.5, 0.6) is 0 Å². The second-order valence-electron chi connectivity index (χ2n) is 11.0. The smallest absolute Gasteiger partial charge is 0.167 e. The summed E-state index contributed by atoms with van der Waals surface area (Å²) in [6, 6.07) is 11.9. The number of ether oxygens (including phenoxy) is 1. The first-order valence-electron chi connectivity index (χ1n) is 13.9. The molecule has 3 fully saturated rings. The van der Waals surface area contributed by atoms with Crippen molar-refractivity contribution in [2.75, 3.05) is 54.9 Å². The first-order valence-corrected chi connectivity index (χ1v) is 13.9. The Morgan fingerprint density at radius 2 is 1.59 bits per heavy atom. The van der Waals surface area contributed by atoms with Gasteiger partial charge in [-0.05, 0) is 55.3 Å². The first-order chi connectivity index (χ1) is 19.1. The van der Waals surface area contributed by atoms with Crippen LogP contribution in [0.1, 0.15) is 25.7 Å². The molecule has 0 spiro atoms. The Bertz CT molecular complexity index is 1520. The molecule has 3 aliphatic rings. The highest BCUT2D eigenvalue weighted by molar-refractivity contribution is 5.90. The van der Waals surface area contributed by atoms with E-state index in [0.29, 0.717) is 40.1 Å². The van der Waals surface area contributed by atoms with Crippen molar-refractivity contribution in [2.24, 2.45) is 11.8 Å². The summed E-state index contributed by atoms with van der Waals surface area (Å²) in [5.41, 5.74) is 9.72. The van der Waals surface area contributed by atoms with Crippen molar-refractivity contribution in [1.82, 2.24) is 14.5 Å². The summed E-state index contributed by atoms with van der Waals surface area (Å²) < 4.78 is 37.9. The zero-order valence-electron chi connectivity index (χ0n) is 21.8. The Kier molecular flexibility index (Phi) is 6.11. The van der Waals surface area contributed by atoms with Crippen LogP contribution in [0.3, 0.4) is 0 Å². The number of benzene rings is 2. The summed E-state index contributed by atoms with van der Waals surface area (Å²) in [6.07, 6.45) is 6.39. The van der Waals surface area contributed by atoms with Crippen LogP contribution >= 0.6 is 0 Å². The van der Waals surface area contributed by atoms with Gasteiger partial charge in [0.15, 0.2) is 5.65 Å². The molecule has 0 saturated carbocycles. The van der Waals surface area contributed by atoms with E-state index in [4.69, 9.17) is 15.5 Å². The van der Waals surface area contributed by atoms with E-state index in [0.717, 1.165) is 63.6 Å². The lowest BCUT2D eigenvalue weighted by molar-refractivity contribution is 0.177. The minimum absolute atomic E-state index is 0.0566. The second kappa shape index (κ2) is 9.79. The highest BCUT2D eigenvalue weighted by Crippen LogP contribution is 2.37. The molecule has 2 unspecified atom stereocenters. The summed E-state index contributed by atoms with van der Waals surface area (Å²) in [7, 11) is 0. The van der Waals surface area contributed by atoms with Gasteiger partial charge in [0.1, 0.15) is 23.0 Å². The van der Waals surface area contributed by atoms with E-state index in [9.17, 15) is 4.39 Å². The van der Waals surface area contributed by atoms with E-state index in [1.54, 1.807) is 29.0 Å². The number of imidazole rings is 1. The molecule has 3 aliphatic heterocycles. The van der Waals surface area contributed by atoms with E-state index >= 15 is 4.39 Å². The van der Waals surface area contributed by atoms with Crippen LogP contribution in [0, 0.1) is 23.5 Å². The van der Waals surface area contributed by atoms with Gasteiger partial charge in [-0.15, -0.1) is 0 Å². The number of aromatic nitrogens is 3. The number of nitrogen functional groups attached to an aromatic ring is 1. The zero-order chi connectivity index (χ0) is 26.5. The molecule has 0 aliphatic carbocycles.